The zero-order chi connectivity index (χ0) is 12.9. The average molecular weight is 314 g/mol. The summed E-state index contributed by atoms with van der Waals surface area (Å²) in [6.07, 6.45) is 5.35. The number of benzene rings is 1. The number of hydrogen-bond donors (Lipinski definition) is 1. The minimum absolute atomic E-state index is 0.181. The Labute approximate surface area is 113 Å². The van der Waals surface area contributed by atoms with Gasteiger partial charge in [0, 0.05) is 21.5 Å². The Morgan fingerprint density at radius 1 is 1.22 bits per heavy atom. The second kappa shape index (κ2) is 4.14. The van der Waals surface area contributed by atoms with E-state index in [1.807, 2.05) is 0 Å². The van der Waals surface area contributed by atoms with Gasteiger partial charge in [-0.3, -0.25) is 0 Å². The third-order valence-electron chi connectivity index (χ3n) is 4.26. The van der Waals surface area contributed by atoms with Crippen molar-refractivity contribution in [1.29, 1.82) is 0 Å². The molecule has 0 aromatic heterocycles. The molecule has 1 aromatic carbocycles. The van der Waals surface area contributed by atoms with E-state index in [9.17, 15) is 8.78 Å². The van der Waals surface area contributed by atoms with Crippen molar-refractivity contribution in [2.75, 3.05) is 0 Å². The first-order chi connectivity index (χ1) is 8.54. The smallest absolute Gasteiger partial charge is 0.166 e. The molecular weight excluding hydrogens is 300 g/mol. The second-order valence-corrected chi connectivity index (χ2v) is 6.09. The van der Waals surface area contributed by atoms with Gasteiger partial charge in [-0.2, -0.15) is 0 Å². The van der Waals surface area contributed by atoms with Crippen LogP contribution in [0.15, 0.2) is 16.6 Å². The minimum Gasteiger partial charge on any atom is -0.328 e. The van der Waals surface area contributed by atoms with Gasteiger partial charge in [0.2, 0.25) is 0 Å². The summed E-state index contributed by atoms with van der Waals surface area (Å²) < 4.78 is 28.1. The highest BCUT2D eigenvalue weighted by Gasteiger charge is 2.43. The van der Waals surface area contributed by atoms with E-state index in [0.29, 0.717) is 5.56 Å². The Morgan fingerprint density at radius 3 is 2.56 bits per heavy atom. The summed E-state index contributed by atoms with van der Waals surface area (Å²) in [5, 5.41) is 0. The molecule has 1 fully saturated rings. The van der Waals surface area contributed by atoms with Crippen LogP contribution in [-0.2, 0) is 5.41 Å². The molecule has 0 unspecified atom stereocenters. The molecule has 96 valence electrons. The summed E-state index contributed by atoms with van der Waals surface area (Å²) in [5.41, 5.74) is 7.06. The maximum Gasteiger partial charge on any atom is 0.166 e. The molecule has 1 saturated carbocycles. The van der Waals surface area contributed by atoms with Gasteiger partial charge < -0.3 is 5.73 Å². The standard InChI is InChI=1S/C14H14BrF2N/c15-12-7-9-10(1-2-11(16)13(9)17)14(12)5-3-8(18)4-6-14/h1-2,7-8H,3-6,18H2. The fourth-order valence-corrected chi connectivity index (χ4v) is 4.00. The van der Waals surface area contributed by atoms with Crippen LogP contribution < -0.4 is 5.73 Å². The molecule has 0 heterocycles. The van der Waals surface area contributed by atoms with E-state index in [1.54, 1.807) is 12.1 Å². The van der Waals surface area contributed by atoms with E-state index in [2.05, 4.69) is 15.9 Å². The number of allylic oxidation sites excluding steroid dienone is 1. The summed E-state index contributed by atoms with van der Waals surface area (Å²) in [6.45, 7) is 0. The van der Waals surface area contributed by atoms with Gasteiger partial charge in [-0.1, -0.05) is 22.0 Å². The van der Waals surface area contributed by atoms with Gasteiger partial charge in [-0.25, -0.2) is 8.78 Å². The first-order valence-electron chi connectivity index (χ1n) is 6.16. The maximum atomic E-state index is 13.8. The molecule has 2 aliphatic rings. The Hall–Kier alpha value is -0.740. The van der Waals surface area contributed by atoms with Crippen LogP contribution in [0.4, 0.5) is 8.78 Å². The molecule has 1 nitrogen and oxygen atoms in total. The highest BCUT2D eigenvalue weighted by atomic mass is 79.9. The van der Waals surface area contributed by atoms with E-state index >= 15 is 0 Å². The van der Waals surface area contributed by atoms with Gasteiger partial charge in [0.05, 0.1) is 0 Å². The van der Waals surface area contributed by atoms with Crippen LogP contribution in [0.1, 0.15) is 36.8 Å². The van der Waals surface area contributed by atoms with Crippen molar-refractivity contribution < 1.29 is 8.78 Å². The Kier molecular flexibility index (Phi) is 2.83. The lowest BCUT2D eigenvalue weighted by atomic mass is 9.70. The van der Waals surface area contributed by atoms with E-state index in [0.717, 1.165) is 35.7 Å². The summed E-state index contributed by atoms with van der Waals surface area (Å²) in [6, 6.07) is 3.17. The van der Waals surface area contributed by atoms with Crippen molar-refractivity contribution in [1.82, 2.24) is 0 Å². The van der Waals surface area contributed by atoms with Crippen molar-refractivity contribution in [2.45, 2.75) is 37.1 Å². The normalized spacial score (nSPS) is 30.4. The summed E-state index contributed by atoms with van der Waals surface area (Å²) in [5.74, 6) is -1.52. The molecule has 3 rings (SSSR count). The molecule has 1 aromatic rings. The van der Waals surface area contributed by atoms with Crippen molar-refractivity contribution in [3.63, 3.8) is 0 Å². The first-order valence-corrected chi connectivity index (χ1v) is 6.95. The van der Waals surface area contributed by atoms with Gasteiger partial charge in [0.1, 0.15) is 0 Å². The lowest BCUT2D eigenvalue weighted by Crippen LogP contribution is -2.36. The monoisotopic (exact) mass is 313 g/mol. The fourth-order valence-electron chi connectivity index (χ4n) is 3.16. The molecular formula is C14H14BrF2N. The third kappa shape index (κ3) is 1.58. The topological polar surface area (TPSA) is 26.0 Å². The van der Waals surface area contributed by atoms with Crippen LogP contribution in [0.5, 0.6) is 0 Å². The molecule has 0 amide bonds. The lowest BCUT2D eigenvalue weighted by molar-refractivity contribution is 0.324. The van der Waals surface area contributed by atoms with Crippen molar-refractivity contribution >= 4 is 22.0 Å². The quantitative estimate of drug-likeness (QED) is 0.773. The van der Waals surface area contributed by atoms with Gasteiger partial charge >= 0.3 is 0 Å². The zero-order valence-electron chi connectivity index (χ0n) is 9.85. The van der Waals surface area contributed by atoms with E-state index in [1.165, 1.54) is 6.07 Å². The summed E-state index contributed by atoms with van der Waals surface area (Å²) in [4.78, 5) is 0. The highest BCUT2D eigenvalue weighted by molar-refractivity contribution is 9.11. The molecule has 0 bridgehead atoms. The number of halogens is 3. The largest absolute Gasteiger partial charge is 0.328 e. The molecule has 2 aliphatic carbocycles. The fraction of sp³-hybridized carbons (Fsp3) is 0.429. The van der Waals surface area contributed by atoms with Gasteiger partial charge in [0.15, 0.2) is 11.6 Å². The molecule has 0 atom stereocenters. The van der Waals surface area contributed by atoms with Crippen LogP contribution in [0, 0.1) is 11.6 Å². The van der Waals surface area contributed by atoms with E-state index in [-0.39, 0.29) is 11.5 Å². The molecule has 0 aliphatic heterocycles. The Bertz CT molecular complexity index is 531. The molecule has 0 radical (unpaired) electrons. The van der Waals surface area contributed by atoms with Crippen molar-refractivity contribution in [3.8, 4) is 0 Å². The van der Waals surface area contributed by atoms with Crippen molar-refractivity contribution in [2.24, 2.45) is 5.73 Å². The van der Waals surface area contributed by atoms with Crippen LogP contribution in [-0.4, -0.2) is 6.04 Å². The number of fused-ring (bicyclic) bond motifs is 2. The summed E-state index contributed by atoms with van der Waals surface area (Å²) in [7, 11) is 0. The van der Waals surface area contributed by atoms with E-state index in [4.69, 9.17) is 5.73 Å². The van der Waals surface area contributed by atoms with Crippen LogP contribution in [0.3, 0.4) is 0 Å². The third-order valence-corrected chi connectivity index (χ3v) is 5.25. The molecule has 1 spiro atoms. The zero-order valence-corrected chi connectivity index (χ0v) is 11.4. The predicted octanol–water partition coefficient (Wildman–Crippen LogP) is 3.85. The lowest BCUT2D eigenvalue weighted by Gasteiger charge is -2.38. The van der Waals surface area contributed by atoms with Crippen LogP contribution >= 0.6 is 15.9 Å². The van der Waals surface area contributed by atoms with E-state index < -0.39 is 11.6 Å². The SMILES string of the molecule is NC1CCC2(CC1)C(Br)=Cc1c2ccc(F)c1F. The highest BCUT2D eigenvalue weighted by Crippen LogP contribution is 2.53. The van der Waals surface area contributed by atoms with Gasteiger partial charge in [0.25, 0.3) is 0 Å². The number of hydrogen-bond acceptors (Lipinski definition) is 1. The molecule has 0 saturated heterocycles. The number of rotatable bonds is 0. The predicted molar refractivity (Wildman–Crippen MR) is 71.4 cm³/mol. The maximum absolute atomic E-state index is 13.8. The second-order valence-electron chi connectivity index (χ2n) is 5.23. The Morgan fingerprint density at radius 2 is 1.89 bits per heavy atom. The van der Waals surface area contributed by atoms with Gasteiger partial charge in [-0.15, -0.1) is 0 Å². The molecule has 4 heteroatoms. The van der Waals surface area contributed by atoms with Gasteiger partial charge in [-0.05, 0) is 43.4 Å². The average Bonchev–Trinajstić information content (AvgIpc) is 2.63. The van der Waals surface area contributed by atoms with Crippen LogP contribution in [0.25, 0.3) is 6.08 Å². The molecule has 2 N–H and O–H groups in total. The van der Waals surface area contributed by atoms with Crippen molar-refractivity contribution in [3.05, 3.63) is 39.4 Å². The number of nitrogens with two attached hydrogens (primary N) is 1. The summed E-state index contributed by atoms with van der Waals surface area (Å²) >= 11 is 3.55. The minimum atomic E-state index is -0.783. The first kappa shape index (κ1) is 12.3. The molecule has 18 heavy (non-hydrogen) atoms. The van der Waals surface area contributed by atoms with Crippen LogP contribution in [0.2, 0.25) is 0 Å². The Balaban J connectivity index is 2.11.